The van der Waals surface area contributed by atoms with Crippen LogP contribution in [-0.2, 0) is 13.2 Å². The summed E-state index contributed by atoms with van der Waals surface area (Å²) in [5, 5.41) is 3.47. The minimum Gasteiger partial charge on any atom is -0.489 e. The van der Waals surface area contributed by atoms with Crippen molar-refractivity contribution in [3.63, 3.8) is 0 Å². The highest BCUT2D eigenvalue weighted by Gasteiger charge is 2.02. The summed E-state index contributed by atoms with van der Waals surface area (Å²) in [6, 6.07) is 20.7. The highest BCUT2D eigenvalue weighted by atomic mass is 19.1. The molecule has 0 atom stereocenters. The predicted octanol–water partition coefficient (Wildman–Crippen LogP) is 5.63. The van der Waals surface area contributed by atoms with Gasteiger partial charge in [0.15, 0.2) is 0 Å². The van der Waals surface area contributed by atoms with Crippen LogP contribution in [-0.4, -0.2) is 0 Å². The molecule has 0 heterocycles. The van der Waals surface area contributed by atoms with Crippen molar-refractivity contribution < 1.29 is 9.13 Å². The Kier molecular flexibility index (Phi) is 5.34. The Bertz CT molecular complexity index is 843. The highest BCUT2D eigenvalue weighted by Crippen LogP contribution is 2.20. The number of halogens is 1. The first kappa shape index (κ1) is 17.0. The predicted molar refractivity (Wildman–Crippen MR) is 100 cm³/mol. The third-order valence-electron chi connectivity index (χ3n) is 4.31. The average Bonchev–Trinajstić information content (AvgIpc) is 2.62. The molecule has 0 aliphatic heterocycles. The maximum absolute atomic E-state index is 13.2. The molecular formula is C22H22FNO. The smallest absolute Gasteiger partial charge is 0.123 e. The van der Waals surface area contributed by atoms with Crippen molar-refractivity contribution in [2.75, 3.05) is 5.32 Å². The van der Waals surface area contributed by atoms with E-state index in [1.807, 2.05) is 30.3 Å². The van der Waals surface area contributed by atoms with Gasteiger partial charge in [0.2, 0.25) is 0 Å². The van der Waals surface area contributed by atoms with E-state index in [4.69, 9.17) is 4.74 Å². The number of ether oxygens (including phenoxy) is 1. The molecule has 0 aliphatic carbocycles. The fraction of sp³-hybridized carbons (Fsp3) is 0.182. The fourth-order valence-corrected chi connectivity index (χ4v) is 2.64. The van der Waals surface area contributed by atoms with Crippen molar-refractivity contribution in [1.29, 1.82) is 0 Å². The second-order valence-corrected chi connectivity index (χ2v) is 6.16. The number of anilines is 1. The molecule has 0 saturated heterocycles. The molecule has 0 amide bonds. The van der Waals surface area contributed by atoms with Crippen LogP contribution in [0, 0.1) is 19.7 Å². The molecule has 0 aliphatic rings. The maximum atomic E-state index is 13.2. The van der Waals surface area contributed by atoms with Crippen LogP contribution in [0.25, 0.3) is 0 Å². The summed E-state index contributed by atoms with van der Waals surface area (Å²) in [4.78, 5) is 0. The molecule has 3 aromatic rings. The van der Waals surface area contributed by atoms with E-state index in [9.17, 15) is 4.39 Å². The quantitative estimate of drug-likeness (QED) is 0.630. The Labute approximate surface area is 148 Å². The summed E-state index contributed by atoms with van der Waals surface area (Å²) in [6.45, 7) is 5.36. The van der Waals surface area contributed by atoms with Crippen molar-refractivity contribution in [3.05, 3.63) is 94.8 Å². The molecule has 128 valence electrons. The summed E-state index contributed by atoms with van der Waals surface area (Å²) in [6.07, 6.45) is 0. The van der Waals surface area contributed by atoms with E-state index >= 15 is 0 Å². The Hall–Kier alpha value is -2.81. The molecule has 2 nitrogen and oxygen atoms in total. The van der Waals surface area contributed by atoms with E-state index in [1.54, 1.807) is 6.07 Å². The molecule has 3 rings (SSSR count). The summed E-state index contributed by atoms with van der Waals surface area (Å²) in [5.41, 5.74) is 5.72. The van der Waals surface area contributed by atoms with Crippen LogP contribution < -0.4 is 10.1 Å². The van der Waals surface area contributed by atoms with Gasteiger partial charge in [-0.1, -0.05) is 36.4 Å². The second-order valence-electron chi connectivity index (χ2n) is 6.16. The van der Waals surface area contributed by atoms with E-state index in [1.165, 1.54) is 28.8 Å². The monoisotopic (exact) mass is 335 g/mol. The van der Waals surface area contributed by atoms with Crippen LogP contribution in [0.4, 0.5) is 10.1 Å². The number of hydrogen-bond acceptors (Lipinski definition) is 2. The zero-order chi connectivity index (χ0) is 17.6. The number of rotatable bonds is 6. The summed E-state index contributed by atoms with van der Waals surface area (Å²) in [7, 11) is 0. The molecule has 0 bridgehead atoms. The van der Waals surface area contributed by atoms with Crippen molar-refractivity contribution in [1.82, 2.24) is 0 Å². The lowest BCUT2D eigenvalue weighted by Gasteiger charge is -2.12. The molecule has 0 aromatic heterocycles. The first-order chi connectivity index (χ1) is 12.1. The Morgan fingerprint density at radius 1 is 0.880 bits per heavy atom. The van der Waals surface area contributed by atoms with Crippen LogP contribution in [0.3, 0.4) is 0 Å². The minimum absolute atomic E-state index is 0.242. The average molecular weight is 335 g/mol. The van der Waals surface area contributed by atoms with Gasteiger partial charge in [-0.2, -0.15) is 0 Å². The summed E-state index contributed by atoms with van der Waals surface area (Å²) in [5.74, 6) is 0.536. The Balaban J connectivity index is 1.56. The van der Waals surface area contributed by atoms with Gasteiger partial charge in [0, 0.05) is 12.2 Å². The van der Waals surface area contributed by atoms with E-state index in [0.29, 0.717) is 6.61 Å². The van der Waals surface area contributed by atoms with Crippen molar-refractivity contribution >= 4 is 5.69 Å². The lowest BCUT2D eigenvalue weighted by molar-refractivity contribution is 0.305. The normalized spacial score (nSPS) is 10.5. The molecule has 25 heavy (non-hydrogen) atoms. The van der Waals surface area contributed by atoms with Crippen LogP contribution >= 0.6 is 0 Å². The molecule has 1 N–H and O–H groups in total. The highest BCUT2D eigenvalue weighted by molar-refractivity contribution is 5.54. The molecule has 3 aromatic carbocycles. The van der Waals surface area contributed by atoms with Crippen LogP contribution in [0.1, 0.15) is 22.3 Å². The van der Waals surface area contributed by atoms with Gasteiger partial charge in [0.25, 0.3) is 0 Å². The minimum atomic E-state index is -0.242. The molecule has 0 radical (unpaired) electrons. The van der Waals surface area contributed by atoms with Gasteiger partial charge in [-0.25, -0.2) is 4.39 Å². The number of hydrogen-bond donors (Lipinski definition) is 1. The van der Waals surface area contributed by atoms with Gasteiger partial charge < -0.3 is 10.1 Å². The Morgan fingerprint density at radius 3 is 2.40 bits per heavy atom. The van der Waals surface area contributed by atoms with E-state index in [2.05, 4.69) is 37.4 Å². The SMILES string of the molecule is Cc1cccc(NCc2ccc(OCc3cccc(F)c3)cc2)c1C. The van der Waals surface area contributed by atoms with Gasteiger partial charge >= 0.3 is 0 Å². The van der Waals surface area contributed by atoms with Crippen molar-refractivity contribution in [3.8, 4) is 5.75 Å². The lowest BCUT2D eigenvalue weighted by atomic mass is 10.1. The molecule has 0 unspecified atom stereocenters. The van der Waals surface area contributed by atoms with Gasteiger partial charge in [-0.15, -0.1) is 0 Å². The van der Waals surface area contributed by atoms with Crippen LogP contribution in [0.2, 0.25) is 0 Å². The van der Waals surface area contributed by atoms with E-state index in [-0.39, 0.29) is 5.82 Å². The first-order valence-corrected chi connectivity index (χ1v) is 8.38. The summed E-state index contributed by atoms with van der Waals surface area (Å²) < 4.78 is 18.9. The fourth-order valence-electron chi connectivity index (χ4n) is 2.64. The third-order valence-corrected chi connectivity index (χ3v) is 4.31. The number of nitrogens with one attached hydrogen (secondary N) is 1. The second kappa shape index (κ2) is 7.84. The molecule has 0 fully saturated rings. The number of aryl methyl sites for hydroxylation is 1. The van der Waals surface area contributed by atoms with E-state index in [0.717, 1.165) is 23.5 Å². The van der Waals surface area contributed by atoms with Crippen molar-refractivity contribution in [2.24, 2.45) is 0 Å². The Morgan fingerprint density at radius 2 is 1.64 bits per heavy atom. The molecule has 0 saturated carbocycles. The number of benzene rings is 3. The van der Waals surface area contributed by atoms with Crippen LogP contribution in [0.15, 0.2) is 66.7 Å². The lowest BCUT2D eigenvalue weighted by Crippen LogP contribution is -2.02. The van der Waals surface area contributed by atoms with Gasteiger partial charge in [0.1, 0.15) is 18.2 Å². The molecule has 3 heteroatoms. The molecule has 0 spiro atoms. The van der Waals surface area contributed by atoms with Crippen molar-refractivity contribution in [2.45, 2.75) is 27.0 Å². The van der Waals surface area contributed by atoms with Crippen LogP contribution in [0.5, 0.6) is 5.75 Å². The van der Waals surface area contributed by atoms with Gasteiger partial charge in [0.05, 0.1) is 0 Å². The zero-order valence-electron chi connectivity index (χ0n) is 14.6. The third kappa shape index (κ3) is 4.60. The first-order valence-electron chi connectivity index (χ1n) is 8.38. The largest absolute Gasteiger partial charge is 0.489 e. The maximum Gasteiger partial charge on any atom is 0.123 e. The van der Waals surface area contributed by atoms with Gasteiger partial charge in [-0.05, 0) is 66.4 Å². The molecular weight excluding hydrogens is 313 g/mol. The van der Waals surface area contributed by atoms with E-state index < -0.39 is 0 Å². The zero-order valence-corrected chi connectivity index (χ0v) is 14.6. The topological polar surface area (TPSA) is 21.3 Å². The summed E-state index contributed by atoms with van der Waals surface area (Å²) >= 11 is 0. The standard InChI is InChI=1S/C22H22FNO/c1-16-5-3-8-22(17(16)2)24-14-18-9-11-21(12-10-18)25-15-19-6-4-7-20(23)13-19/h3-13,24H,14-15H2,1-2H3. The van der Waals surface area contributed by atoms with Gasteiger partial charge in [-0.3, -0.25) is 0 Å².